The first kappa shape index (κ1) is 12.8. The van der Waals surface area contributed by atoms with Crippen molar-refractivity contribution in [3.8, 4) is 0 Å². The van der Waals surface area contributed by atoms with Crippen LogP contribution in [-0.2, 0) is 0 Å². The Labute approximate surface area is 124 Å². The van der Waals surface area contributed by atoms with Crippen molar-refractivity contribution in [2.75, 3.05) is 0 Å². The lowest BCUT2D eigenvalue weighted by Crippen LogP contribution is -2.25. The largest absolute Gasteiger partial charge is 0.395 e. The molecule has 0 aliphatic heterocycles. The third-order valence-electron chi connectivity index (χ3n) is 3.29. The van der Waals surface area contributed by atoms with Crippen LogP contribution in [0.3, 0.4) is 0 Å². The monoisotopic (exact) mass is 327 g/mol. The molecular weight excluding hydrogens is 318 g/mol. The van der Waals surface area contributed by atoms with Crippen molar-refractivity contribution in [3.05, 3.63) is 75.4 Å². The van der Waals surface area contributed by atoms with Crippen LogP contribution in [0.2, 0.25) is 0 Å². The van der Waals surface area contributed by atoms with Gasteiger partial charge in [0.1, 0.15) is 0 Å². The molecule has 98 valence electrons. The van der Waals surface area contributed by atoms with E-state index in [1.165, 1.54) is 0 Å². The zero-order chi connectivity index (χ0) is 14.3. The Morgan fingerprint density at radius 2 is 1.35 bits per heavy atom. The number of allylic oxidation sites excluding steroid dienone is 2. The summed E-state index contributed by atoms with van der Waals surface area (Å²) >= 11 is 3.34. The summed E-state index contributed by atoms with van der Waals surface area (Å²) in [7, 11) is 0. The summed E-state index contributed by atoms with van der Waals surface area (Å²) in [4.78, 5) is 24.8. The van der Waals surface area contributed by atoms with Crippen molar-refractivity contribution in [2.45, 2.75) is 0 Å². The number of hydrogen-bond donors (Lipinski definition) is 1. The number of halogens is 1. The molecule has 0 saturated carbocycles. The van der Waals surface area contributed by atoms with E-state index in [-0.39, 0.29) is 22.8 Å². The van der Waals surface area contributed by atoms with Gasteiger partial charge in [-0.3, -0.25) is 9.59 Å². The van der Waals surface area contributed by atoms with Gasteiger partial charge in [-0.25, -0.2) is 0 Å². The predicted molar refractivity (Wildman–Crippen MR) is 80.4 cm³/mol. The minimum absolute atomic E-state index is 0.0102. The van der Waals surface area contributed by atoms with Crippen molar-refractivity contribution in [1.82, 2.24) is 0 Å². The van der Waals surface area contributed by atoms with Crippen molar-refractivity contribution in [2.24, 2.45) is 5.73 Å². The van der Waals surface area contributed by atoms with Gasteiger partial charge in [0.05, 0.1) is 11.3 Å². The first-order valence-electron chi connectivity index (χ1n) is 6.03. The highest BCUT2D eigenvalue weighted by atomic mass is 79.9. The quantitative estimate of drug-likeness (QED) is 0.874. The standard InChI is InChI=1S/C16H10BrNO2/c17-10-7-5-9(6-8-10)13-14(18)16(20)12-4-2-1-3-11(12)15(13)19/h1-8H,18H2. The van der Waals surface area contributed by atoms with Gasteiger partial charge in [0.25, 0.3) is 0 Å². The maximum atomic E-state index is 12.6. The maximum absolute atomic E-state index is 12.6. The fourth-order valence-corrected chi connectivity index (χ4v) is 2.56. The molecule has 0 radical (unpaired) electrons. The average molecular weight is 328 g/mol. The second-order valence-corrected chi connectivity index (χ2v) is 5.42. The zero-order valence-corrected chi connectivity index (χ0v) is 12.0. The maximum Gasteiger partial charge on any atom is 0.210 e. The van der Waals surface area contributed by atoms with Gasteiger partial charge < -0.3 is 5.73 Å². The summed E-state index contributed by atoms with van der Waals surface area (Å²) in [6.07, 6.45) is 0. The molecule has 0 unspecified atom stereocenters. The van der Waals surface area contributed by atoms with Gasteiger partial charge >= 0.3 is 0 Å². The minimum atomic E-state index is -0.293. The van der Waals surface area contributed by atoms with Gasteiger partial charge in [0, 0.05) is 15.6 Å². The van der Waals surface area contributed by atoms with Crippen LogP contribution >= 0.6 is 15.9 Å². The molecule has 0 spiro atoms. The molecule has 3 nitrogen and oxygen atoms in total. The molecular formula is C16H10BrNO2. The molecule has 2 N–H and O–H groups in total. The Hall–Kier alpha value is -2.20. The number of nitrogens with two attached hydrogens (primary N) is 1. The lowest BCUT2D eigenvalue weighted by Gasteiger charge is -2.18. The Kier molecular flexibility index (Phi) is 3.03. The van der Waals surface area contributed by atoms with Gasteiger partial charge in [-0.05, 0) is 17.7 Å². The van der Waals surface area contributed by atoms with Crippen LogP contribution in [0.25, 0.3) is 5.57 Å². The molecule has 0 atom stereocenters. The molecule has 20 heavy (non-hydrogen) atoms. The summed E-state index contributed by atoms with van der Waals surface area (Å²) in [5.74, 6) is -0.502. The summed E-state index contributed by atoms with van der Waals surface area (Å²) in [5.41, 5.74) is 7.61. The van der Waals surface area contributed by atoms with E-state index >= 15 is 0 Å². The normalized spacial score (nSPS) is 14.4. The molecule has 1 aliphatic carbocycles. The van der Waals surface area contributed by atoms with E-state index in [0.717, 1.165) is 4.47 Å². The van der Waals surface area contributed by atoms with E-state index in [4.69, 9.17) is 5.73 Å². The van der Waals surface area contributed by atoms with Crippen LogP contribution in [0.15, 0.2) is 58.7 Å². The van der Waals surface area contributed by atoms with E-state index in [2.05, 4.69) is 15.9 Å². The topological polar surface area (TPSA) is 60.2 Å². The molecule has 2 aromatic rings. The van der Waals surface area contributed by atoms with E-state index in [1.807, 2.05) is 12.1 Å². The van der Waals surface area contributed by atoms with E-state index < -0.39 is 0 Å². The SMILES string of the molecule is NC1=C(c2ccc(Br)cc2)C(=O)c2ccccc2C1=O. The summed E-state index contributed by atoms with van der Waals surface area (Å²) in [6, 6.07) is 13.9. The van der Waals surface area contributed by atoms with Crippen LogP contribution in [0.1, 0.15) is 26.3 Å². The molecule has 0 bridgehead atoms. The Balaban J connectivity index is 2.21. The number of rotatable bonds is 1. The summed E-state index contributed by atoms with van der Waals surface area (Å²) in [6.45, 7) is 0. The third kappa shape index (κ3) is 1.89. The van der Waals surface area contributed by atoms with Crippen LogP contribution in [0.4, 0.5) is 0 Å². The van der Waals surface area contributed by atoms with Crippen molar-refractivity contribution < 1.29 is 9.59 Å². The highest BCUT2D eigenvalue weighted by Gasteiger charge is 2.31. The van der Waals surface area contributed by atoms with E-state index in [0.29, 0.717) is 16.7 Å². The van der Waals surface area contributed by atoms with Gasteiger partial charge in [0.15, 0.2) is 5.78 Å². The second-order valence-electron chi connectivity index (χ2n) is 4.50. The number of hydrogen-bond acceptors (Lipinski definition) is 3. The van der Waals surface area contributed by atoms with Gasteiger partial charge in [-0.15, -0.1) is 0 Å². The number of fused-ring (bicyclic) bond motifs is 1. The molecule has 0 saturated heterocycles. The predicted octanol–water partition coefficient (Wildman–Crippen LogP) is 3.20. The Morgan fingerprint density at radius 3 is 1.95 bits per heavy atom. The Morgan fingerprint density at radius 1 is 0.800 bits per heavy atom. The molecule has 0 fully saturated rings. The molecule has 1 aliphatic rings. The average Bonchev–Trinajstić information content (AvgIpc) is 2.47. The van der Waals surface area contributed by atoms with Crippen molar-refractivity contribution in [3.63, 3.8) is 0 Å². The lowest BCUT2D eigenvalue weighted by atomic mass is 9.84. The fraction of sp³-hybridized carbons (Fsp3) is 0. The van der Waals surface area contributed by atoms with E-state index in [9.17, 15) is 9.59 Å². The fourth-order valence-electron chi connectivity index (χ4n) is 2.30. The third-order valence-corrected chi connectivity index (χ3v) is 3.82. The lowest BCUT2D eigenvalue weighted by molar-refractivity contribution is 0.0990. The first-order valence-corrected chi connectivity index (χ1v) is 6.83. The molecule has 2 aromatic carbocycles. The zero-order valence-electron chi connectivity index (χ0n) is 10.4. The Bertz CT molecular complexity index is 760. The molecule has 3 rings (SSSR count). The van der Waals surface area contributed by atoms with Crippen LogP contribution in [0.5, 0.6) is 0 Å². The molecule has 4 heteroatoms. The van der Waals surface area contributed by atoms with Gasteiger partial charge in [0.2, 0.25) is 5.78 Å². The summed E-state index contributed by atoms with van der Waals surface area (Å²) < 4.78 is 0.899. The van der Waals surface area contributed by atoms with E-state index in [1.54, 1.807) is 36.4 Å². The van der Waals surface area contributed by atoms with Gasteiger partial charge in [-0.2, -0.15) is 0 Å². The summed E-state index contributed by atoms with van der Waals surface area (Å²) in [5, 5.41) is 0. The van der Waals surface area contributed by atoms with Crippen LogP contribution in [-0.4, -0.2) is 11.6 Å². The smallest absolute Gasteiger partial charge is 0.210 e. The number of ketones is 2. The number of carbonyl (C=O) groups excluding carboxylic acids is 2. The molecule has 0 aromatic heterocycles. The van der Waals surface area contributed by atoms with Crippen LogP contribution < -0.4 is 5.73 Å². The molecule has 0 amide bonds. The number of carbonyl (C=O) groups is 2. The molecule has 0 heterocycles. The minimum Gasteiger partial charge on any atom is -0.395 e. The van der Waals surface area contributed by atoms with Crippen LogP contribution in [0, 0.1) is 0 Å². The number of benzene rings is 2. The highest BCUT2D eigenvalue weighted by Crippen LogP contribution is 2.30. The van der Waals surface area contributed by atoms with Crippen molar-refractivity contribution >= 4 is 33.1 Å². The van der Waals surface area contributed by atoms with Gasteiger partial charge in [-0.1, -0.05) is 52.3 Å². The number of Topliss-reactive ketones (excluding diaryl/α,β-unsaturated/α-hetero) is 2. The highest BCUT2D eigenvalue weighted by molar-refractivity contribution is 9.10. The first-order chi connectivity index (χ1) is 9.59. The van der Waals surface area contributed by atoms with Crippen molar-refractivity contribution in [1.29, 1.82) is 0 Å². The second kappa shape index (κ2) is 4.72.